The van der Waals surface area contributed by atoms with E-state index in [-0.39, 0.29) is 16.9 Å². The Bertz CT molecular complexity index is 522. The number of aliphatic hydroxyl groups is 1. The SMILES string of the molecule is CC(C)C(=O)CC[C@@H](C)[C@H]1CC[C@H](C)[C@]12CC=C(C(=O)O)[C@@H](O)C2. The Labute approximate surface area is 145 Å². The first kappa shape index (κ1) is 19.2. The van der Waals surface area contributed by atoms with E-state index >= 15 is 0 Å². The van der Waals surface area contributed by atoms with Gasteiger partial charge in [0.15, 0.2) is 0 Å². The van der Waals surface area contributed by atoms with Crippen molar-refractivity contribution in [3.63, 3.8) is 0 Å². The lowest BCUT2D eigenvalue weighted by Gasteiger charge is -2.45. The number of allylic oxidation sites excluding steroid dienone is 1. The van der Waals surface area contributed by atoms with Gasteiger partial charge in [0.2, 0.25) is 0 Å². The van der Waals surface area contributed by atoms with Crippen molar-refractivity contribution in [3.8, 4) is 0 Å². The molecule has 0 aromatic rings. The maximum atomic E-state index is 11.9. The molecule has 2 aliphatic rings. The topological polar surface area (TPSA) is 74.6 Å². The minimum Gasteiger partial charge on any atom is -0.478 e. The summed E-state index contributed by atoms with van der Waals surface area (Å²) in [5.41, 5.74) is 0.139. The van der Waals surface area contributed by atoms with Crippen LogP contribution in [0.4, 0.5) is 0 Å². The third-order valence-electron chi connectivity index (χ3n) is 6.69. The molecule has 0 unspecified atom stereocenters. The van der Waals surface area contributed by atoms with Gasteiger partial charge in [-0.15, -0.1) is 0 Å². The lowest BCUT2D eigenvalue weighted by molar-refractivity contribution is -0.134. The van der Waals surface area contributed by atoms with Crippen molar-refractivity contribution in [2.45, 2.75) is 72.3 Å². The molecule has 0 bridgehead atoms. The summed E-state index contributed by atoms with van der Waals surface area (Å²) < 4.78 is 0. The van der Waals surface area contributed by atoms with Gasteiger partial charge in [0.05, 0.1) is 11.7 Å². The van der Waals surface area contributed by atoms with Crippen molar-refractivity contribution in [2.75, 3.05) is 0 Å². The highest BCUT2D eigenvalue weighted by atomic mass is 16.4. The molecule has 0 heterocycles. The fraction of sp³-hybridized carbons (Fsp3) is 0.800. The second kappa shape index (κ2) is 7.38. The number of hydrogen-bond acceptors (Lipinski definition) is 3. The molecular formula is C20H32O4. The molecule has 0 saturated heterocycles. The smallest absolute Gasteiger partial charge is 0.333 e. The zero-order valence-corrected chi connectivity index (χ0v) is 15.4. The number of carbonyl (C=O) groups excluding carboxylic acids is 1. The van der Waals surface area contributed by atoms with Gasteiger partial charge in [-0.3, -0.25) is 4.79 Å². The summed E-state index contributed by atoms with van der Waals surface area (Å²) in [5, 5.41) is 19.6. The van der Waals surface area contributed by atoms with Crippen LogP contribution in [0.3, 0.4) is 0 Å². The molecule has 24 heavy (non-hydrogen) atoms. The molecule has 136 valence electrons. The lowest BCUT2D eigenvalue weighted by atomic mass is 9.60. The number of aliphatic hydroxyl groups excluding tert-OH is 1. The van der Waals surface area contributed by atoms with Crippen molar-refractivity contribution in [1.29, 1.82) is 0 Å². The van der Waals surface area contributed by atoms with E-state index in [1.54, 1.807) is 6.08 Å². The molecular weight excluding hydrogens is 304 g/mol. The number of carbonyl (C=O) groups is 2. The van der Waals surface area contributed by atoms with Crippen LogP contribution in [0.15, 0.2) is 11.6 Å². The quantitative estimate of drug-likeness (QED) is 0.773. The lowest BCUT2D eigenvalue weighted by Crippen LogP contribution is -2.41. The summed E-state index contributed by atoms with van der Waals surface area (Å²) in [5.74, 6) is 0.755. The zero-order valence-electron chi connectivity index (χ0n) is 15.4. The number of rotatable bonds is 6. The number of carboxylic acids is 1. The first-order chi connectivity index (χ1) is 11.2. The monoisotopic (exact) mass is 336 g/mol. The van der Waals surface area contributed by atoms with Gasteiger partial charge in [0.25, 0.3) is 0 Å². The predicted molar refractivity (Wildman–Crippen MR) is 93.5 cm³/mol. The van der Waals surface area contributed by atoms with E-state index in [9.17, 15) is 19.8 Å². The van der Waals surface area contributed by atoms with Crippen molar-refractivity contribution in [3.05, 3.63) is 11.6 Å². The molecule has 1 saturated carbocycles. The summed E-state index contributed by atoms with van der Waals surface area (Å²) >= 11 is 0. The van der Waals surface area contributed by atoms with E-state index in [0.29, 0.717) is 36.4 Å². The average molecular weight is 336 g/mol. The molecule has 1 spiro atoms. The van der Waals surface area contributed by atoms with Crippen molar-refractivity contribution in [2.24, 2.45) is 29.1 Å². The first-order valence-corrected chi connectivity index (χ1v) is 9.33. The van der Waals surface area contributed by atoms with Gasteiger partial charge in [-0.1, -0.05) is 33.8 Å². The summed E-state index contributed by atoms with van der Waals surface area (Å²) in [4.78, 5) is 23.2. The molecule has 0 aromatic heterocycles. The number of Topliss-reactive ketones (excluding diaryl/α,β-unsaturated/α-hetero) is 1. The van der Waals surface area contributed by atoms with E-state index in [4.69, 9.17) is 0 Å². The largest absolute Gasteiger partial charge is 0.478 e. The van der Waals surface area contributed by atoms with Crippen LogP contribution in [0, 0.1) is 29.1 Å². The first-order valence-electron chi connectivity index (χ1n) is 9.33. The number of carboxylic acid groups (broad SMARTS) is 1. The van der Waals surface area contributed by atoms with E-state index in [1.807, 2.05) is 13.8 Å². The van der Waals surface area contributed by atoms with Crippen LogP contribution in [-0.4, -0.2) is 28.1 Å². The van der Waals surface area contributed by atoms with Crippen LogP contribution in [0.2, 0.25) is 0 Å². The van der Waals surface area contributed by atoms with Gasteiger partial charge in [-0.05, 0) is 55.3 Å². The summed E-state index contributed by atoms with van der Waals surface area (Å²) in [6.45, 7) is 8.35. The second-order valence-electron chi connectivity index (χ2n) is 8.34. The fourth-order valence-corrected chi connectivity index (χ4v) is 5.01. The maximum Gasteiger partial charge on any atom is 0.333 e. The van der Waals surface area contributed by atoms with Gasteiger partial charge in [-0.2, -0.15) is 0 Å². The number of aliphatic carboxylic acids is 1. The van der Waals surface area contributed by atoms with Gasteiger partial charge in [-0.25, -0.2) is 4.79 Å². The van der Waals surface area contributed by atoms with E-state index in [2.05, 4.69) is 13.8 Å². The fourth-order valence-electron chi connectivity index (χ4n) is 5.01. The molecule has 2 N–H and O–H groups in total. The van der Waals surface area contributed by atoms with Crippen LogP contribution < -0.4 is 0 Å². The van der Waals surface area contributed by atoms with Gasteiger partial charge in [0.1, 0.15) is 5.78 Å². The highest BCUT2D eigenvalue weighted by Crippen LogP contribution is 2.58. The van der Waals surface area contributed by atoms with Gasteiger partial charge >= 0.3 is 5.97 Å². The van der Waals surface area contributed by atoms with E-state index < -0.39 is 12.1 Å². The van der Waals surface area contributed by atoms with Crippen LogP contribution in [-0.2, 0) is 9.59 Å². The third kappa shape index (κ3) is 3.58. The highest BCUT2D eigenvalue weighted by Gasteiger charge is 2.52. The Morgan fingerprint density at radius 2 is 1.96 bits per heavy atom. The predicted octanol–water partition coefficient (Wildman–Crippen LogP) is 3.83. The van der Waals surface area contributed by atoms with Crippen LogP contribution >= 0.6 is 0 Å². The molecule has 1 fully saturated rings. The standard InChI is InChI=1S/C20H32O4/c1-12(2)17(21)8-5-13(3)16-7-6-14(4)20(16)10-9-15(19(23)24)18(22)11-20/h9,12-14,16,18,22H,5-8,10-11H2,1-4H3,(H,23,24)/t13-,14+,16-,18+,20-/m1/s1. The minimum absolute atomic E-state index is 0.0152. The summed E-state index contributed by atoms with van der Waals surface area (Å²) in [7, 11) is 0. The summed E-state index contributed by atoms with van der Waals surface area (Å²) in [6.07, 6.45) is 5.90. The van der Waals surface area contributed by atoms with E-state index in [1.165, 1.54) is 0 Å². The molecule has 2 aliphatic carbocycles. The molecule has 0 radical (unpaired) electrons. The number of hydrogen-bond donors (Lipinski definition) is 2. The molecule has 4 nitrogen and oxygen atoms in total. The van der Waals surface area contributed by atoms with Crippen LogP contribution in [0.1, 0.15) is 66.2 Å². The van der Waals surface area contributed by atoms with E-state index in [0.717, 1.165) is 25.7 Å². The van der Waals surface area contributed by atoms with Crippen LogP contribution in [0.25, 0.3) is 0 Å². The Morgan fingerprint density at radius 1 is 1.29 bits per heavy atom. The maximum absolute atomic E-state index is 11.9. The van der Waals surface area contributed by atoms with Gasteiger partial charge < -0.3 is 10.2 Å². The Kier molecular flexibility index (Phi) is 5.90. The van der Waals surface area contributed by atoms with Crippen LogP contribution in [0.5, 0.6) is 0 Å². The average Bonchev–Trinajstić information content (AvgIpc) is 2.80. The minimum atomic E-state index is -1.00. The molecule has 2 rings (SSSR count). The number of ketones is 1. The normalized spacial score (nSPS) is 34.4. The molecule has 0 aromatic carbocycles. The zero-order chi connectivity index (χ0) is 18.1. The molecule has 0 amide bonds. The third-order valence-corrected chi connectivity index (χ3v) is 6.69. The van der Waals surface area contributed by atoms with Crippen molar-refractivity contribution >= 4 is 11.8 Å². The Morgan fingerprint density at radius 3 is 2.50 bits per heavy atom. The second-order valence-corrected chi connectivity index (χ2v) is 8.34. The summed E-state index contributed by atoms with van der Waals surface area (Å²) in [6, 6.07) is 0. The molecule has 4 heteroatoms. The molecule has 5 atom stereocenters. The van der Waals surface area contributed by atoms with Gasteiger partial charge in [0, 0.05) is 12.3 Å². The Balaban J connectivity index is 2.13. The Hall–Kier alpha value is -1.16. The molecule has 0 aliphatic heterocycles. The van der Waals surface area contributed by atoms with Crippen molar-refractivity contribution in [1.82, 2.24) is 0 Å². The highest BCUT2D eigenvalue weighted by molar-refractivity contribution is 5.88. The van der Waals surface area contributed by atoms with Crippen molar-refractivity contribution < 1.29 is 19.8 Å².